The lowest BCUT2D eigenvalue weighted by molar-refractivity contribution is -0.112. The first kappa shape index (κ1) is 14.2. The number of aromatic nitrogens is 1. The van der Waals surface area contributed by atoms with E-state index in [0.29, 0.717) is 17.0 Å². The van der Waals surface area contributed by atoms with Crippen LogP contribution in [0.1, 0.15) is 9.80 Å². The van der Waals surface area contributed by atoms with Crippen molar-refractivity contribution >= 4 is 38.9 Å². The number of anilines is 1. The van der Waals surface area contributed by atoms with Crippen LogP contribution in [0.5, 0.6) is 5.75 Å². The fourth-order valence-electron chi connectivity index (χ4n) is 1.99. The number of methoxy groups -OCH3 is 1. The highest BCUT2D eigenvalue weighted by Crippen LogP contribution is 2.25. The number of para-hydroxylation sites is 3. The van der Waals surface area contributed by atoms with Crippen LogP contribution in [0.15, 0.2) is 48.5 Å². The average Bonchev–Trinajstić information content (AvgIpc) is 2.98. The summed E-state index contributed by atoms with van der Waals surface area (Å²) in [5, 5.41) is 2.73. The molecule has 6 heteroatoms. The molecule has 110 valence electrons. The van der Waals surface area contributed by atoms with Crippen molar-refractivity contribution in [3.8, 4) is 5.75 Å². The molecule has 0 unspecified atom stereocenters. The Labute approximate surface area is 130 Å². The van der Waals surface area contributed by atoms with Crippen LogP contribution in [0, 0.1) is 0 Å². The Kier molecular flexibility index (Phi) is 3.84. The van der Waals surface area contributed by atoms with Gasteiger partial charge in [-0.25, -0.2) is 4.98 Å². The first-order valence-corrected chi connectivity index (χ1v) is 7.35. The van der Waals surface area contributed by atoms with Crippen LogP contribution in [0.25, 0.3) is 10.2 Å². The lowest BCUT2D eigenvalue weighted by Gasteiger charge is -2.08. The molecule has 0 aliphatic carbocycles. The third-order valence-electron chi connectivity index (χ3n) is 3.05. The number of carbonyl (C=O) groups is 2. The second kappa shape index (κ2) is 5.95. The van der Waals surface area contributed by atoms with Gasteiger partial charge in [-0.3, -0.25) is 9.59 Å². The number of nitrogens with zero attached hydrogens (tertiary/aromatic N) is 1. The van der Waals surface area contributed by atoms with Gasteiger partial charge in [0.2, 0.25) is 0 Å². The minimum absolute atomic E-state index is 0.175. The molecule has 3 aromatic rings. The van der Waals surface area contributed by atoms with Crippen molar-refractivity contribution in [1.29, 1.82) is 0 Å². The standard InChI is InChI=1S/C16H12N2O3S/c1-21-12-8-4-2-6-10(12)17-15(20)14(19)16-18-11-7-3-5-9-13(11)22-16/h2-9H,1H3,(H,17,20). The van der Waals surface area contributed by atoms with Gasteiger partial charge in [-0.05, 0) is 24.3 Å². The molecule has 1 N–H and O–H groups in total. The average molecular weight is 312 g/mol. The molecule has 1 aromatic heterocycles. The molecule has 0 saturated heterocycles. The number of hydrogen-bond donors (Lipinski definition) is 1. The summed E-state index contributed by atoms with van der Waals surface area (Å²) in [6, 6.07) is 14.3. The zero-order valence-electron chi connectivity index (χ0n) is 11.7. The molecule has 3 rings (SSSR count). The quantitative estimate of drug-likeness (QED) is 0.593. The summed E-state index contributed by atoms with van der Waals surface area (Å²) in [4.78, 5) is 28.5. The number of ether oxygens (including phenoxy) is 1. The van der Waals surface area contributed by atoms with Crippen LogP contribution in [-0.4, -0.2) is 23.8 Å². The molecule has 1 amide bonds. The van der Waals surface area contributed by atoms with E-state index in [0.717, 1.165) is 4.70 Å². The van der Waals surface area contributed by atoms with E-state index in [1.807, 2.05) is 18.2 Å². The highest BCUT2D eigenvalue weighted by Gasteiger charge is 2.21. The largest absolute Gasteiger partial charge is 0.495 e. The normalized spacial score (nSPS) is 10.4. The molecule has 22 heavy (non-hydrogen) atoms. The van der Waals surface area contributed by atoms with Gasteiger partial charge in [0, 0.05) is 0 Å². The molecule has 1 heterocycles. The van der Waals surface area contributed by atoms with Gasteiger partial charge in [0.05, 0.1) is 23.0 Å². The maximum atomic E-state index is 12.2. The van der Waals surface area contributed by atoms with E-state index >= 15 is 0 Å². The molecule has 0 spiro atoms. The van der Waals surface area contributed by atoms with E-state index in [-0.39, 0.29) is 5.01 Å². The van der Waals surface area contributed by atoms with Crippen LogP contribution >= 0.6 is 11.3 Å². The lowest BCUT2D eigenvalue weighted by Crippen LogP contribution is -2.23. The van der Waals surface area contributed by atoms with Gasteiger partial charge in [-0.2, -0.15) is 0 Å². The Morgan fingerprint density at radius 3 is 2.59 bits per heavy atom. The number of carbonyl (C=O) groups excluding carboxylic acids is 2. The highest BCUT2D eigenvalue weighted by atomic mass is 32.1. The van der Waals surface area contributed by atoms with Crippen molar-refractivity contribution in [3.63, 3.8) is 0 Å². The number of nitrogens with one attached hydrogen (secondary N) is 1. The fraction of sp³-hybridized carbons (Fsp3) is 0.0625. The van der Waals surface area contributed by atoms with Gasteiger partial charge >= 0.3 is 0 Å². The second-order valence-corrected chi connectivity index (χ2v) is 5.50. The van der Waals surface area contributed by atoms with E-state index in [4.69, 9.17) is 4.74 Å². The predicted molar refractivity (Wildman–Crippen MR) is 85.6 cm³/mol. The van der Waals surface area contributed by atoms with Crippen molar-refractivity contribution in [2.24, 2.45) is 0 Å². The number of amides is 1. The Hall–Kier alpha value is -2.73. The Morgan fingerprint density at radius 2 is 1.82 bits per heavy atom. The van der Waals surface area contributed by atoms with Crippen LogP contribution in [0.2, 0.25) is 0 Å². The number of fused-ring (bicyclic) bond motifs is 1. The van der Waals surface area contributed by atoms with Crippen LogP contribution in [0.3, 0.4) is 0 Å². The van der Waals surface area contributed by atoms with Crippen LogP contribution in [-0.2, 0) is 4.79 Å². The summed E-state index contributed by atoms with van der Waals surface area (Å²) in [6.45, 7) is 0. The topological polar surface area (TPSA) is 68.3 Å². The van der Waals surface area contributed by atoms with Crippen molar-refractivity contribution in [3.05, 3.63) is 53.5 Å². The van der Waals surface area contributed by atoms with Crippen molar-refractivity contribution in [2.45, 2.75) is 0 Å². The van der Waals surface area contributed by atoms with Gasteiger partial charge in [-0.15, -0.1) is 11.3 Å². The zero-order chi connectivity index (χ0) is 15.5. The van der Waals surface area contributed by atoms with Gasteiger partial charge < -0.3 is 10.1 Å². The summed E-state index contributed by atoms with van der Waals surface area (Å²) in [5.74, 6) is -0.899. The minimum Gasteiger partial charge on any atom is -0.495 e. The first-order chi connectivity index (χ1) is 10.7. The first-order valence-electron chi connectivity index (χ1n) is 6.53. The molecule has 0 saturated carbocycles. The predicted octanol–water partition coefficient (Wildman–Crippen LogP) is 3.13. The summed E-state index contributed by atoms with van der Waals surface area (Å²) in [6.07, 6.45) is 0. The number of rotatable bonds is 4. The molecule has 0 aliphatic heterocycles. The van der Waals surface area contributed by atoms with E-state index in [1.54, 1.807) is 30.3 Å². The van der Waals surface area contributed by atoms with E-state index in [9.17, 15) is 9.59 Å². The smallest absolute Gasteiger partial charge is 0.299 e. The molecule has 0 atom stereocenters. The summed E-state index contributed by atoms with van der Waals surface area (Å²) >= 11 is 1.20. The number of hydrogen-bond acceptors (Lipinski definition) is 5. The van der Waals surface area contributed by atoms with Crippen LogP contribution in [0.4, 0.5) is 5.69 Å². The van der Waals surface area contributed by atoms with E-state index < -0.39 is 11.7 Å². The highest BCUT2D eigenvalue weighted by molar-refractivity contribution is 7.21. The summed E-state index contributed by atoms with van der Waals surface area (Å²) in [7, 11) is 1.50. The molecule has 5 nitrogen and oxygen atoms in total. The molecule has 0 fully saturated rings. The third kappa shape index (κ3) is 2.68. The Morgan fingerprint density at radius 1 is 1.09 bits per heavy atom. The Balaban J connectivity index is 1.84. The summed E-state index contributed by atoms with van der Waals surface area (Å²) in [5.41, 5.74) is 1.16. The van der Waals surface area contributed by atoms with E-state index in [1.165, 1.54) is 18.4 Å². The monoisotopic (exact) mass is 312 g/mol. The van der Waals surface area contributed by atoms with Crippen molar-refractivity contribution in [2.75, 3.05) is 12.4 Å². The number of thiazole rings is 1. The SMILES string of the molecule is COc1ccccc1NC(=O)C(=O)c1nc2ccccc2s1. The minimum atomic E-state index is -0.733. The molecular formula is C16H12N2O3S. The van der Waals surface area contributed by atoms with Crippen molar-refractivity contribution in [1.82, 2.24) is 4.98 Å². The number of Topliss-reactive ketones (excluding diaryl/α,β-unsaturated/α-hetero) is 1. The van der Waals surface area contributed by atoms with Crippen LogP contribution < -0.4 is 10.1 Å². The fourth-order valence-corrected chi connectivity index (χ4v) is 2.90. The van der Waals surface area contributed by atoms with Gasteiger partial charge in [-0.1, -0.05) is 24.3 Å². The number of ketones is 1. The van der Waals surface area contributed by atoms with E-state index in [2.05, 4.69) is 10.3 Å². The lowest BCUT2D eigenvalue weighted by atomic mass is 10.2. The summed E-state index contributed by atoms with van der Waals surface area (Å²) < 4.78 is 6.01. The molecular weight excluding hydrogens is 300 g/mol. The Bertz CT molecular complexity index is 824. The van der Waals surface area contributed by atoms with Gasteiger partial charge in [0.25, 0.3) is 11.7 Å². The molecule has 0 radical (unpaired) electrons. The van der Waals surface area contributed by atoms with Crippen molar-refractivity contribution < 1.29 is 14.3 Å². The zero-order valence-corrected chi connectivity index (χ0v) is 12.5. The molecule has 0 aliphatic rings. The maximum Gasteiger partial charge on any atom is 0.299 e. The van der Waals surface area contributed by atoms with Gasteiger partial charge in [0.15, 0.2) is 5.01 Å². The molecule has 0 bridgehead atoms. The second-order valence-electron chi connectivity index (χ2n) is 4.47. The molecule has 2 aromatic carbocycles. The number of benzene rings is 2. The van der Waals surface area contributed by atoms with Gasteiger partial charge in [0.1, 0.15) is 5.75 Å². The maximum absolute atomic E-state index is 12.2. The third-order valence-corrected chi connectivity index (χ3v) is 4.08.